The van der Waals surface area contributed by atoms with Gasteiger partial charge in [0.15, 0.2) is 11.6 Å². The van der Waals surface area contributed by atoms with E-state index in [0.717, 1.165) is 0 Å². The zero-order valence-corrected chi connectivity index (χ0v) is 14.3. The van der Waals surface area contributed by atoms with Crippen LogP contribution in [0.1, 0.15) is 24.4 Å². The number of rotatable bonds is 3. The van der Waals surface area contributed by atoms with E-state index in [1.807, 2.05) is 0 Å². The molecule has 1 unspecified atom stereocenters. The lowest BCUT2D eigenvalue weighted by Gasteiger charge is -2.23. The number of nitrogens with two attached hydrogens (primary N) is 1. The number of para-hydroxylation sites is 1. The second kappa shape index (κ2) is 8.27. The van der Waals surface area contributed by atoms with Crippen molar-refractivity contribution < 1.29 is 18.3 Å². The molecule has 7 heteroatoms. The van der Waals surface area contributed by atoms with E-state index in [4.69, 9.17) is 10.5 Å². The van der Waals surface area contributed by atoms with Gasteiger partial charge >= 0.3 is 0 Å². The molecular formula is C18H19ClF2N2O2. The van der Waals surface area contributed by atoms with Crippen molar-refractivity contribution in [3.05, 3.63) is 59.7 Å². The average molecular weight is 369 g/mol. The highest BCUT2D eigenvalue weighted by Crippen LogP contribution is 2.34. The Morgan fingerprint density at radius 2 is 1.92 bits per heavy atom. The number of carbonyl (C=O) groups excluding carboxylic acids is 1. The Balaban J connectivity index is 0.00000225. The summed E-state index contributed by atoms with van der Waals surface area (Å²) in [6.07, 6.45) is 0.646. The first kappa shape index (κ1) is 19.1. The zero-order chi connectivity index (χ0) is 17.1. The number of carbonyl (C=O) groups is 1. The van der Waals surface area contributed by atoms with Crippen molar-refractivity contribution in [3.63, 3.8) is 0 Å². The van der Waals surface area contributed by atoms with Crippen molar-refractivity contribution in [2.45, 2.75) is 18.9 Å². The highest BCUT2D eigenvalue weighted by atomic mass is 35.5. The summed E-state index contributed by atoms with van der Waals surface area (Å²) in [4.78, 5) is 14.2. The molecule has 134 valence electrons. The Morgan fingerprint density at radius 1 is 1.20 bits per heavy atom. The van der Waals surface area contributed by atoms with Crippen LogP contribution in [0.15, 0.2) is 42.5 Å². The van der Waals surface area contributed by atoms with Crippen LogP contribution < -0.4 is 15.4 Å². The fraction of sp³-hybridized carbons (Fsp3) is 0.278. The van der Waals surface area contributed by atoms with E-state index in [-0.39, 0.29) is 36.3 Å². The molecule has 1 aliphatic rings. The maximum atomic E-state index is 13.9. The number of hydrogen-bond acceptors (Lipinski definition) is 3. The standard InChI is InChI=1S/C18H18F2N2O2.ClH/c19-13-7-5-12(6-8-13)15(21)11-17(23)22-9-2-10-24-18-14(20)3-1-4-16(18)22;/h1,3-8,15H,2,9-11,21H2;1H. The third kappa shape index (κ3) is 4.27. The van der Waals surface area contributed by atoms with Crippen LogP contribution in [0.4, 0.5) is 14.5 Å². The summed E-state index contributed by atoms with van der Waals surface area (Å²) in [5, 5.41) is 0. The summed E-state index contributed by atoms with van der Waals surface area (Å²) in [6.45, 7) is 0.785. The first-order chi connectivity index (χ1) is 11.6. The van der Waals surface area contributed by atoms with E-state index < -0.39 is 11.9 Å². The maximum absolute atomic E-state index is 13.9. The van der Waals surface area contributed by atoms with Gasteiger partial charge in [-0.25, -0.2) is 8.78 Å². The minimum atomic E-state index is -0.556. The van der Waals surface area contributed by atoms with Crippen LogP contribution in [0.25, 0.3) is 0 Å². The fourth-order valence-electron chi connectivity index (χ4n) is 2.76. The van der Waals surface area contributed by atoms with Gasteiger partial charge < -0.3 is 15.4 Å². The SMILES string of the molecule is Cl.NC(CC(=O)N1CCCOc2c(F)cccc21)c1ccc(F)cc1. The molecule has 1 amide bonds. The molecule has 2 N–H and O–H groups in total. The molecular weight excluding hydrogens is 350 g/mol. The fourth-order valence-corrected chi connectivity index (χ4v) is 2.76. The van der Waals surface area contributed by atoms with E-state index in [9.17, 15) is 13.6 Å². The summed E-state index contributed by atoms with van der Waals surface area (Å²) in [5.41, 5.74) is 7.16. The van der Waals surface area contributed by atoms with Gasteiger partial charge in [-0.3, -0.25) is 4.79 Å². The topological polar surface area (TPSA) is 55.6 Å². The summed E-state index contributed by atoms with van der Waals surface area (Å²) < 4.78 is 32.3. The van der Waals surface area contributed by atoms with Crippen molar-refractivity contribution in [2.24, 2.45) is 5.73 Å². The number of ether oxygens (including phenoxy) is 1. The molecule has 0 spiro atoms. The van der Waals surface area contributed by atoms with Gasteiger partial charge in [0.1, 0.15) is 5.82 Å². The smallest absolute Gasteiger partial charge is 0.229 e. The third-order valence-electron chi connectivity index (χ3n) is 4.00. The largest absolute Gasteiger partial charge is 0.488 e. The predicted molar refractivity (Wildman–Crippen MR) is 94.1 cm³/mol. The normalized spacial score (nSPS) is 14.6. The highest BCUT2D eigenvalue weighted by molar-refractivity contribution is 5.95. The van der Waals surface area contributed by atoms with E-state index in [1.54, 1.807) is 24.3 Å². The van der Waals surface area contributed by atoms with Crippen molar-refractivity contribution in [1.29, 1.82) is 0 Å². The molecule has 0 radical (unpaired) electrons. The number of nitrogens with zero attached hydrogens (tertiary/aromatic N) is 1. The molecule has 3 rings (SSSR count). The van der Waals surface area contributed by atoms with Crippen molar-refractivity contribution in [1.82, 2.24) is 0 Å². The monoisotopic (exact) mass is 368 g/mol. The van der Waals surface area contributed by atoms with Gasteiger partial charge in [0.2, 0.25) is 5.91 Å². The molecule has 2 aromatic rings. The highest BCUT2D eigenvalue weighted by Gasteiger charge is 2.25. The lowest BCUT2D eigenvalue weighted by Crippen LogP contribution is -2.33. The van der Waals surface area contributed by atoms with Crippen LogP contribution in [0.3, 0.4) is 0 Å². The lowest BCUT2D eigenvalue weighted by molar-refractivity contribution is -0.119. The van der Waals surface area contributed by atoms with Crippen molar-refractivity contribution in [2.75, 3.05) is 18.1 Å². The van der Waals surface area contributed by atoms with Crippen LogP contribution in [-0.4, -0.2) is 19.1 Å². The second-order valence-electron chi connectivity index (χ2n) is 5.70. The quantitative estimate of drug-likeness (QED) is 0.900. The maximum Gasteiger partial charge on any atom is 0.229 e. The number of amides is 1. The van der Waals surface area contributed by atoms with Gasteiger partial charge in [-0.15, -0.1) is 12.4 Å². The Morgan fingerprint density at radius 3 is 2.64 bits per heavy atom. The second-order valence-corrected chi connectivity index (χ2v) is 5.70. The molecule has 0 bridgehead atoms. The molecule has 25 heavy (non-hydrogen) atoms. The molecule has 0 saturated heterocycles. The summed E-state index contributed by atoms with van der Waals surface area (Å²) in [6, 6.07) is 9.69. The molecule has 1 atom stereocenters. The first-order valence-electron chi connectivity index (χ1n) is 7.79. The van der Waals surface area contributed by atoms with Gasteiger partial charge in [-0.2, -0.15) is 0 Å². The number of fused-ring (bicyclic) bond motifs is 1. The summed E-state index contributed by atoms with van der Waals surface area (Å²) >= 11 is 0. The minimum Gasteiger partial charge on any atom is -0.488 e. The lowest BCUT2D eigenvalue weighted by atomic mass is 10.0. The van der Waals surface area contributed by atoms with Gasteiger partial charge in [-0.05, 0) is 36.2 Å². The average Bonchev–Trinajstić information content (AvgIpc) is 2.79. The molecule has 4 nitrogen and oxygen atoms in total. The van der Waals surface area contributed by atoms with Gasteiger partial charge in [0.25, 0.3) is 0 Å². The predicted octanol–water partition coefficient (Wildman–Crippen LogP) is 3.59. The number of halogens is 3. The Hall–Kier alpha value is -2.18. The first-order valence-corrected chi connectivity index (χ1v) is 7.79. The van der Waals surface area contributed by atoms with E-state index >= 15 is 0 Å². The number of benzene rings is 2. The van der Waals surface area contributed by atoms with E-state index in [2.05, 4.69) is 0 Å². The Labute approximate surface area is 151 Å². The van der Waals surface area contributed by atoms with Crippen molar-refractivity contribution >= 4 is 24.0 Å². The minimum absolute atomic E-state index is 0. The van der Waals surface area contributed by atoms with E-state index in [0.29, 0.717) is 30.8 Å². The Kier molecular flexibility index (Phi) is 6.33. The van der Waals surface area contributed by atoms with Crippen LogP contribution >= 0.6 is 12.4 Å². The molecule has 0 aromatic heterocycles. The molecule has 0 aliphatic carbocycles. The zero-order valence-electron chi connectivity index (χ0n) is 13.5. The van der Waals surface area contributed by atoms with Crippen LogP contribution in [0, 0.1) is 11.6 Å². The molecule has 1 heterocycles. The van der Waals surface area contributed by atoms with Crippen molar-refractivity contribution in [3.8, 4) is 5.75 Å². The number of anilines is 1. The molecule has 1 aliphatic heterocycles. The van der Waals surface area contributed by atoms with Gasteiger partial charge in [-0.1, -0.05) is 18.2 Å². The van der Waals surface area contributed by atoms with E-state index in [1.165, 1.54) is 23.1 Å². The van der Waals surface area contributed by atoms with Crippen LogP contribution in [0.2, 0.25) is 0 Å². The molecule has 2 aromatic carbocycles. The van der Waals surface area contributed by atoms with Gasteiger partial charge in [0.05, 0.1) is 12.3 Å². The summed E-state index contributed by atoms with van der Waals surface area (Å²) in [5.74, 6) is -0.968. The van der Waals surface area contributed by atoms with Gasteiger partial charge in [0, 0.05) is 19.0 Å². The molecule has 0 fully saturated rings. The third-order valence-corrected chi connectivity index (χ3v) is 4.00. The Bertz CT molecular complexity index is 740. The van der Waals surface area contributed by atoms with Crippen LogP contribution in [0.5, 0.6) is 5.75 Å². The van der Waals surface area contributed by atoms with Crippen LogP contribution in [-0.2, 0) is 4.79 Å². The number of hydrogen-bond donors (Lipinski definition) is 1. The summed E-state index contributed by atoms with van der Waals surface area (Å²) in [7, 11) is 0. The molecule has 0 saturated carbocycles.